The van der Waals surface area contributed by atoms with Crippen molar-refractivity contribution < 1.29 is 13.2 Å². The zero-order valence-corrected chi connectivity index (χ0v) is 11.6. The molecule has 0 bridgehead atoms. The number of piperazine rings is 1. The molecule has 0 saturated carbocycles. The van der Waals surface area contributed by atoms with Crippen molar-refractivity contribution in [2.24, 2.45) is 0 Å². The van der Waals surface area contributed by atoms with E-state index >= 15 is 0 Å². The molecule has 0 unspecified atom stereocenters. The van der Waals surface area contributed by atoms with E-state index in [0.717, 1.165) is 18.7 Å². The molecule has 1 aromatic carbocycles. The van der Waals surface area contributed by atoms with Crippen molar-refractivity contribution in [3.05, 3.63) is 28.8 Å². The first-order valence-electron chi connectivity index (χ1n) is 6.05. The van der Waals surface area contributed by atoms with E-state index in [9.17, 15) is 13.2 Å². The molecule has 1 fully saturated rings. The second kappa shape index (κ2) is 4.87. The Bertz CT molecular complexity index is 471. The Kier molecular flexibility index (Phi) is 3.71. The molecule has 1 saturated heterocycles. The molecule has 19 heavy (non-hydrogen) atoms. The minimum atomic E-state index is -4.37. The minimum absolute atomic E-state index is 0.112. The van der Waals surface area contributed by atoms with Crippen molar-refractivity contribution >= 4 is 17.3 Å². The van der Waals surface area contributed by atoms with Gasteiger partial charge < -0.3 is 10.2 Å². The standard InChI is InChI=1S/C13H16ClF3N2/c1-12(2)8-19(4-3-18-12)11-6-9(13(15,16)17)5-10(14)7-11/h5-7,18H,3-4,8H2,1-2H3. The number of benzene rings is 1. The molecule has 106 valence electrons. The molecule has 2 nitrogen and oxygen atoms in total. The first kappa shape index (κ1) is 14.5. The number of alkyl halides is 3. The predicted octanol–water partition coefficient (Wildman–Crippen LogP) is 3.55. The summed E-state index contributed by atoms with van der Waals surface area (Å²) in [6.07, 6.45) is -4.37. The van der Waals surface area contributed by atoms with Gasteiger partial charge in [0, 0.05) is 35.9 Å². The lowest BCUT2D eigenvalue weighted by Gasteiger charge is -2.40. The van der Waals surface area contributed by atoms with Gasteiger partial charge in [0.1, 0.15) is 0 Å². The number of anilines is 1. The SMILES string of the molecule is CC1(C)CN(c2cc(Cl)cc(C(F)(F)F)c2)CCN1. The summed E-state index contributed by atoms with van der Waals surface area (Å²) in [6.45, 7) is 6.09. The summed E-state index contributed by atoms with van der Waals surface area (Å²) in [5.41, 5.74) is -0.306. The molecule has 6 heteroatoms. The first-order valence-corrected chi connectivity index (χ1v) is 6.43. The molecule has 0 aliphatic carbocycles. The highest BCUT2D eigenvalue weighted by atomic mass is 35.5. The second-order valence-corrected chi connectivity index (χ2v) is 5.86. The Hall–Kier alpha value is -0.940. The van der Waals surface area contributed by atoms with Gasteiger partial charge in [-0.2, -0.15) is 13.2 Å². The maximum Gasteiger partial charge on any atom is 0.416 e. The van der Waals surface area contributed by atoms with Crippen LogP contribution in [0.1, 0.15) is 19.4 Å². The summed E-state index contributed by atoms with van der Waals surface area (Å²) >= 11 is 5.80. The molecule has 0 radical (unpaired) electrons. The number of hydrogen-bond donors (Lipinski definition) is 1. The Morgan fingerprint density at radius 2 is 1.95 bits per heavy atom. The lowest BCUT2D eigenvalue weighted by molar-refractivity contribution is -0.137. The Balaban J connectivity index is 2.32. The topological polar surface area (TPSA) is 15.3 Å². The van der Waals surface area contributed by atoms with E-state index < -0.39 is 11.7 Å². The van der Waals surface area contributed by atoms with Gasteiger partial charge in [-0.3, -0.25) is 0 Å². The van der Waals surface area contributed by atoms with E-state index in [4.69, 9.17) is 11.6 Å². The largest absolute Gasteiger partial charge is 0.416 e. The predicted molar refractivity (Wildman–Crippen MR) is 70.7 cm³/mol. The average Bonchev–Trinajstić information content (AvgIpc) is 2.25. The van der Waals surface area contributed by atoms with Crippen LogP contribution in [0.4, 0.5) is 18.9 Å². The van der Waals surface area contributed by atoms with Gasteiger partial charge in [0.05, 0.1) is 5.56 Å². The van der Waals surface area contributed by atoms with Crippen molar-refractivity contribution in [2.45, 2.75) is 25.6 Å². The van der Waals surface area contributed by atoms with E-state index in [2.05, 4.69) is 5.32 Å². The van der Waals surface area contributed by atoms with Crippen LogP contribution in [-0.2, 0) is 6.18 Å². The Labute approximate surface area is 115 Å². The van der Waals surface area contributed by atoms with Gasteiger partial charge in [-0.05, 0) is 32.0 Å². The van der Waals surface area contributed by atoms with Crippen molar-refractivity contribution in [3.63, 3.8) is 0 Å². The third-order valence-corrected chi connectivity index (χ3v) is 3.36. The summed E-state index contributed by atoms with van der Waals surface area (Å²) in [4.78, 5) is 1.93. The van der Waals surface area contributed by atoms with Gasteiger partial charge in [0.2, 0.25) is 0 Å². The van der Waals surface area contributed by atoms with Gasteiger partial charge in [0.15, 0.2) is 0 Å². The summed E-state index contributed by atoms with van der Waals surface area (Å²) in [5.74, 6) is 0. The fraction of sp³-hybridized carbons (Fsp3) is 0.538. The van der Waals surface area contributed by atoms with Gasteiger partial charge in [-0.25, -0.2) is 0 Å². The molecular weight excluding hydrogens is 277 g/mol. The van der Waals surface area contributed by atoms with Gasteiger partial charge in [0.25, 0.3) is 0 Å². The molecule has 2 rings (SSSR count). The van der Waals surface area contributed by atoms with E-state index in [1.807, 2.05) is 18.7 Å². The molecular formula is C13H16ClF3N2. The molecule has 1 heterocycles. The summed E-state index contributed by atoms with van der Waals surface area (Å²) in [5, 5.41) is 3.43. The third kappa shape index (κ3) is 3.54. The van der Waals surface area contributed by atoms with Crippen molar-refractivity contribution in [1.82, 2.24) is 5.32 Å². The van der Waals surface area contributed by atoms with Crippen LogP contribution in [0, 0.1) is 0 Å². The zero-order valence-electron chi connectivity index (χ0n) is 10.8. The molecule has 1 N–H and O–H groups in total. The van der Waals surface area contributed by atoms with Crippen LogP contribution in [-0.4, -0.2) is 25.2 Å². The monoisotopic (exact) mass is 292 g/mol. The van der Waals surface area contributed by atoms with Crippen LogP contribution in [0.25, 0.3) is 0 Å². The number of nitrogens with one attached hydrogen (secondary N) is 1. The van der Waals surface area contributed by atoms with Crippen LogP contribution in [0.3, 0.4) is 0 Å². The van der Waals surface area contributed by atoms with Crippen LogP contribution in [0.15, 0.2) is 18.2 Å². The van der Waals surface area contributed by atoms with Crippen molar-refractivity contribution in [3.8, 4) is 0 Å². The maximum atomic E-state index is 12.8. The third-order valence-electron chi connectivity index (χ3n) is 3.15. The van der Waals surface area contributed by atoms with Crippen molar-refractivity contribution in [1.29, 1.82) is 0 Å². The van der Waals surface area contributed by atoms with Crippen LogP contribution in [0.2, 0.25) is 5.02 Å². The lowest BCUT2D eigenvalue weighted by Crippen LogP contribution is -2.57. The highest BCUT2D eigenvalue weighted by Gasteiger charge is 2.32. The second-order valence-electron chi connectivity index (χ2n) is 5.43. The molecule has 0 atom stereocenters. The first-order chi connectivity index (χ1) is 8.67. The lowest BCUT2D eigenvalue weighted by atomic mass is 10.0. The number of halogens is 4. The zero-order chi connectivity index (χ0) is 14.3. The molecule has 0 amide bonds. The molecule has 1 aliphatic heterocycles. The molecule has 1 aromatic rings. The van der Waals surface area contributed by atoms with E-state index in [1.165, 1.54) is 0 Å². The maximum absolute atomic E-state index is 12.8. The van der Waals surface area contributed by atoms with Crippen LogP contribution < -0.4 is 10.2 Å². The smallest absolute Gasteiger partial charge is 0.368 e. The highest BCUT2D eigenvalue weighted by molar-refractivity contribution is 6.30. The van der Waals surface area contributed by atoms with Gasteiger partial charge in [-0.15, -0.1) is 0 Å². The number of nitrogens with zero attached hydrogens (tertiary/aromatic N) is 1. The van der Waals surface area contributed by atoms with E-state index in [0.29, 0.717) is 18.8 Å². The van der Waals surface area contributed by atoms with Crippen molar-refractivity contribution in [2.75, 3.05) is 24.5 Å². The quantitative estimate of drug-likeness (QED) is 0.851. The number of hydrogen-bond acceptors (Lipinski definition) is 2. The summed E-state index contributed by atoms with van der Waals surface area (Å²) in [7, 11) is 0. The molecule has 0 spiro atoms. The fourth-order valence-electron chi connectivity index (χ4n) is 2.28. The average molecular weight is 293 g/mol. The Morgan fingerprint density at radius 1 is 1.26 bits per heavy atom. The number of rotatable bonds is 1. The Morgan fingerprint density at radius 3 is 2.53 bits per heavy atom. The minimum Gasteiger partial charge on any atom is -0.368 e. The van der Waals surface area contributed by atoms with Crippen LogP contribution >= 0.6 is 11.6 Å². The fourth-order valence-corrected chi connectivity index (χ4v) is 2.51. The highest BCUT2D eigenvalue weighted by Crippen LogP contribution is 2.34. The molecule has 0 aromatic heterocycles. The van der Waals surface area contributed by atoms with E-state index in [-0.39, 0.29) is 10.6 Å². The van der Waals surface area contributed by atoms with E-state index in [1.54, 1.807) is 6.07 Å². The molecule has 1 aliphatic rings. The van der Waals surface area contributed by atoms with Crippen LogP contribution in [0.5, 0.6) is 0 Å². The summed E-state index contributed by atoms with van der Waals surface area (Å²) in [6, 6.07) is 3.70. The van der Waals surface area contributed by atoms with Gasteiger partial charge in [-0.1, -0.05) is 11.6 Å². The summed E-state index contributed by atoms with van der Waals surface area (Å²) < 4.78 is 38.3. The normalized spacial score (nSPS) is 19.6. The van der Waals surface area contributed by atoms with Gasteiger partial charge >= 0.3 is 6.18 Å².